The molecule has 0 spiro atoms. The van der Waals surface area contributed by atoms with Crippen molar-refractivity contribution in [1.82, 2.24) is 0 Å². The summed E-state index contributed by atoms with van der Waals surface area (Å²) < 4.78 is 11.5. The molecule has 3 nitrogen and oxygen atoms in total. The molecule has 2 aromatic rings. The van der Waals surface area contributed by atoms with Gasteiger partial charge in [0.1, 0.15) is 11.5 Å². The van der Waals surface area contributed by atoms with E-state index >= 15 is 0 Å². The fraction of sp³-hybridized carbons (Fsp3) is 0.188. The number of rotatable bonds is 2. The van der Waals surface area contributed by atoms with Crippen LogP contribution in [0.15, 0.2) is 36.4 Å². The Morgan fingerprint density at radius 1 is 1.25 bits per heavy atom. The van der Waals surface area contributed by atoms with Gasteiger partial charge in [-0.25, -0.2) is 0 Å². The molecule has 0 radical (unpaired) electrons. The van der Waals surface area contributed by atoms with Gasteiger partial charge in [0.05, 0.1) is 18.2 Å². The summed E-state index contributed by atoms with van der Waals surface area (Å²) in [6.45, 7) is 4.79. The second-order valence-electron chi connectivity index (χ2n) is 5.01. The molecule has 0 atom stereocenters. The molecule has 98 valence electrons. The van der Waals surface area contributed by atoms with Crippen LogP contribution < -0.4 is 10.2 Å². The number of ether oxygens (including phenoxy) is 1. The van der Waals surface area contributed by atoms with E-state index in [1.165, 1.54) is 11.0 Å². The summed E-state index contributed by atoms with van der Waals surface area (Å²) in [5.41, 5.74) is 4.01. The highest BCUT2D eigenvalue weighted by molar-refractivity contribution is 6.67. The molecule has 0 saturated heterocycles. The first-order valence-electron chi connectivity index (χ1n) is 6.60. The molecule has 0 bridgehead atoms. The normalized spacial score (nSPS) is 12.9. The monoisotopic (exact) mass is 263 g/mol. The molecule has 0 unspecified atom stereocenters. The van der Waals surface area contributed by atoms with Crippen LogP contribution in [0.25, 0.3) is 0 Å². The molecule has 1 heterocycles. The van der Waals surface area contributed by atoms with Gasteiger partial charge in [-0.3, -0.25) is 0 Å². The molecule has 20 heavy (non-hydrogen) atoms. The highest BCUT2D eigenvalue weighted by Gasteiger charge is 2.23. The van der Waals surface area contributed by atoms with E-state index in [2.05, 4.69) is 19.0 Å². The van der Waals surface area contributed by atoms with Gasteiger partial charge < -0.3 is 9.39 Å². The Bertz CT molecular complexity index is 706. The number of hydrogen-bond acceptors (Lipinski definition) is 3. The number of fused-ring (bicyclic) bond motifs is 1. The summed E-state index contributed by atoms with van der Waals surface area (Å²) >= 11 is 0. The van der Waals surface area contributed by atoms with E-state index in [1.54, 1.807) is 6.07 Å². The smallest absolute Gasteiger partial charge is 0.324 e. The van der Waals surface area contributed by atoms with Crippen molar-refractivity contribution in [2.24, 2.45) is 0 Å². The quantitative estimate of drug-likeness (QED) is 0.782. The topological polar surface area (TPSA) is 42.2 Å². The number of hydrogen-bond donors (Lipinski definition) is 0. The first-order valence-corrected chi connectivity index (χ1v) is 6.60. The molecule has 4 heteroatoms. The lowest BCUT2D eigenvalue weighted by Gasteiger charge is -2.10. The highest BCUT2D eigenvalue weighted by atomic mass is 16.5. The first kappa shape index (κ1) is 12.8. The van der Waals surface area contributed by atoms with Crippen molar-refractivity contribution in [2.75, 3.05) is 0 Å². The van der Waals surface area contributed by atoms with Crippen molar-refractivity contribution in [1.29, 1.82) is 5.26 Å². The Morgan fingerprint density at radius 2 is 2.10 bits per heavy atom. The van der Waals surface area contributed by atoms with Gasteiger partial charge in [-0.1, -0.05) is 12.9 Å². The minimum atomic E-state index is 0.163. The zero-order valence-electron chi connectivity index (χ0n) is 11.5. The van der Waals surface area contributed by atoms with Crippen molar-refractivity contribution >= 4 is 12.4 Å². The molecule has 0 aliphatic carbocycles. The fourth-order valence-corrected chi connectivity index (χ4v) is 2.43. The van der Waals surface area contributed by atoms with E-state index in [1.807, 2.05) is 31.2 Å². The second-order valence-corrected chi connectivity index (χ2v) is 5.01. The molecule has 0 N–H and O–H groups in total. The summed E-state index contributed by atoms with van der Waals surface area (Å²) in [7, 11) is 0. The molecule has 0 fully saturated rings. The van der Waals surface area contributed by atoms with Crippen molar-refractivity contribution in [3.8, 4) is 17.6 Å². The summed E-state index contributed by atoms with van der Waals surface area (Å²) in [4.78, 5) is 0. The van der Waals surface area contributed by atoms with Gasteiger partial charge in [0.2, 0.25) is 0 Å². The van der Waals surface area contributed by atoms with E-state index in [0.29, 0.717) is 12.2 Å². The van der Waals surface area contributed by atoms with Gasteiger partial charge in [-0.05, 0) is 53.8 Å². The second kappa shape index (κ2) is 5.03. The average Bonchev–Trinajstić information content (AvgIpc) is 2.82. The Hall–Kier alpha value is -2.25. The molecular weight excluding hydrogens is 249 g/mol. The van der Waals surface area contributed by atoms with Crippen LogP contribution in [0.3, 0.4) is 0 Å². The number of nitriles is 1. The number of nitrogens with zero attached hydrogens (tertiary/aromatic N) is 1. The summed E-state index contributed by atoms with van der Waals surface area (Å²) in [5, 5.41) is 8.87. The van der Waals surface area contributed by atoms with Crippen LogP contribution in [-0.2, 0) is 11.3 Å². The van der Waals surface area contributed by atoms with Crippen LogP contribution in [-0.4, -0.2) is 6.92 Å². The van der Waals surface area contributed by atoms with Crippen molar-refractivity contribution < 1.29 is 9.39 Å². The third kappa shape index (κ3) is 2.28. The Morgan fingerprint density at radius 3 is 2.85 bits per heavy atom. The molecule has 3 rings (SSSR count). The predicted molar refractivity (Wildman–Crippen MR) is 78.5 cm³/mol. The van der Waals surface area contributed by atoms with Gasteiger partial charge in [-0.15, -0.1) is 0 Å². The van der Waals surface area contributed by atoms with Crippen LogP contribution in [0.2, 0.25) is 6.82 Å². The maximum atomic E-state index is 8.87. The van der Waals surface area contributed by atoms with Crippen molar-refractivity contribution in [3.63, 3.8) is 0 Å². The van der Waals surface area contributed by atoms with E-state index in [-0.39, 0.29) is 6.92 Å². The van der Waals surface area contributed by atoms with E-state index in [0.717, 1.165) is 17.1 Å². The third-order valence-corrected chi connectivity index (χ3v) is 3.57. The Balaban J connectivity index is 1.87. The van der Waals surface area contributed by atoms with Gasteiger partial charge >= 0.3 is 6.92 Å². The molecular formula is C16H14BNO2. The van der Waals surface area contributed by atoms with E-state index in [9.17, 15) is 0 Å². The van der Waals surface area contributed by atoms with Gasteiger partial charge in [0.15, 0.2) is 0 Å². The Kier molecular flexibility index (Phi) is 3.21. The minimum Gasteiger partial charge on any atom is -0.457 e. The third-order valence-electron chi connectivity index (χ3n) is 3.57. The molecule has 0 saturated carbocycles. The maximum absolute atomic E-state index is 8.87. The van der Waals surface area contributed by atoms with Crippen LogP contribution >= 0.6 is 0 Å². The first-order chi connectivity index (χ1) is 9.67. The van der Waals surface area contributed by atoms with E-state index < -0.39 is 0 Å². The maximum Gasteiger partial charge on any atom is 0.324 e. The van der Waals surface area contributed by atoms with Crippen LogP contribution in [0.5, 0.6) is 11.5 Å². The Labute approximate surface area is 118 Å². The van der Waals surface area contributed by atoms with Gasteiger partial charge in [0.25, 0.3) is 0 Å². The van der Waals surface area contributed by atoms with Gasteiger partial charge in [-0.2, -0.15) is 5.26 Å². The summed E-state index contributed by atoms with van der Waals surface area (Å²) in [6.07, 6.45) is 0. The van der Waals surface area contributed by atoms with Crippen molar-refractivity contribution in [3.05, 3.63) is 53.1 Å². The molecule has 0 amide bonds. The summed E-state index contributed by atoms with van der Waals surface area (Å²) in [5.74, 6) is 1.57. The lowest BCUT2D eigenvalue weighted by molar-refractivity contribution is 0.333. The zero-order valence-corrected chi connectivity index (χ0v) is 11.5. The van der Waals surface area contributed by atoms with Crippen LogP contribution in [0.4, 0.5) is 0 Å². The standard InChI is InChI=1S/C16H14BNO2/c1-11-7-12(9-18)3-6-16(11)20-14-4-5-15-13(8-14)10-19-17(15)2/h3-8H,10H2,1-2H3. The number of benzene rings is 2. The number of aryl methyl sites for hydroxylation is 1. The van der Waals surface area contributed by atoms with E-state index in [4.69, 9.17) is 14.7 Å². The van der Waals surface area contributed by atoms with Crippen LogP contribution in [0.1, 0.15) is 16.7 Å². The van der Waals surface area contributed by atoms with Crippen LogP contribution in [0, 0.1) is 18.3 Å². The summed E-state index contributed by atoms with van der Waals surface area (Å²) in [6, 6.07) is 13.6. The zero-order chi connectivity index (χ0) is 14.1. The van der Waals surface area contributed by atoms with Crippen molar-refractivity contribution in [2.45, 2.75) is 20.4 Å². The molecule has 2 aromatic carbocycles. The predicted octanol–water partition coefficient (Wildman–Crippen LogP) is 3.02. The van der Waals surface area contributed by atoms with Gasteiger partial charge in [0, 0.05) is 0 Å². The SMILES string of the molecule is CB1OCc2cc(Oc3ccc(C#N)cc3C)ccc21. The lowest BCUT2D eigenvalue weighted by atomic mass is 9.64. The minimum absolute atomic E-state index is 0.163. The lowest BCUT2D eigenvalue weighted by Crippen LogP contribution is -2.23. The largest absolute Gasteiger partial charge is 0.457 e. The molecule has 1 aliphatic rings. The fourth-order valence-electron chi connectivity index (χ4n) is 2.43. The highest BCUT2D eigenvalue weighted by Crippen LogP contribution is 2.27. The molecule has 0 aromatic heterocycles. The molecule has 1 aliphatic heterocycles. The average molecular weight is 263 g/mol.